The molecular formula is C12H13Br2N3O2S. The molecule has 0 spiro atoms. The fourth-order valence-electron chi connectivity index (χ4n) is 1.66. The Hall–Kier alpha value is -0.830. The molecule has 0 saturated heterocycles. The van der Waals surface area contributed by atoms with Gasteiger partial charge in [0.15, 0.2) is 0 Å². The maximum Gasteiger partial charge on any atom is 0.263 e. The number of aromatic amines is 1. The van der Waals surface area contributed by atoms with Crippen molar-refractivity contribution in [3.05, 3.63) is 45.1 Å². The number of nitrogens with one attached hydrogen (secondary N) is 3. The van der Waals surface area contributed by atoms with Crippen LogP contribution in [0.1, 0.15) is 5.69 Å². The third-order valence-electron chi connectivity index (χ3n) is 2.59. The number of anilines is 1. The highest BCUT2D eigenvalue weighted by Crippen LogP contribution is 2.32. The van der Waals surface area contributed by atoms with Gasteiger partial charge in [-0.1, -0.05) is 6.07 Å². The van der Waals surface area contributed by atoms with Gasteiger partial charge in [-0.05, 0) is 57.1 Å². The van der Waals surface area contributed by atoms with Gasteiger partial charge in [-0.3, -0.25) is 4.72 Å². The van der Waals surface area contributed by atoms with E-state index in [0.717, 1.165) is 5.69 Å². The van der Waals surface area contributed by atoms with Crippen LogP contribution in [0.25, 0.3) is 0 Å². The summed E-state index contributed by atoms with van der Waals surface area (Å²) >= 11 is 6.66. The molecule has 0 aliphatic heterocycles. The zero-order valence-electron chi connectivity index (χ0n) is 10.6. The maximum atomic E-state index is 12.3. The lowest BCUT2D eigenvalue weighted by molar-refractivity contribution is 0.601. The molecule has 0 atom stereocenters. The fourth-order valence-corrected chi connectivity index (χ4v) is 4.23. The first-order valence-electron chi connectivity index (χ1n) is 5.73. The lowest BCUT2D eigenvalue weighted by atomic mass is 10.3. The molecule has 0 saturated carbocycles. The third-order valence-corrected chi connectivity index (χ3v) is 5.24. The van der Waals surface area contributed by atoms with Crippen molar-refractivity contribution < 1.29 is 8.42 Å². The van der Waals surface area contributed by atoms with E-state index in [1.807, 2.05) is 6.07 Å². The van der Waals surface area contributed by atoms with Gasteiger partial charge in [0.1, 0.15) is 4.90 Å². The molecule has 0 unspecified atom stereocenters. The highest BCUT2D eigenvalue weighted by molar-refractivity contribution is 9.11. The number of sulfonamides is 1. The second kappa shape index (κ2) is 6.30. The Morgan fingerprint density at radius 3 is 2.50 bits per heavy atom. The van der Waals surface area contributed by atoms with Crippen LogP contribution < -0.4 is 10.0 Å². The summed E-state index contributed by atoms with van der Waals surface area (Å²) in [5, 5.41) is 2.96. The zero-order chi connectivity index (χ0) is 14.8. The molecule has 2 aromatic rings. The number of para-hydroxylation sites is 1. The third kappa shape index (κ3) is 3.43. The highest BCUT2D eigenvalue weighted by Gasteiger charge is 2.18. The van der Waals surface area contributed by atoms with E-state index in [0.29, 0.717) is 21.2 Å². The van der Waals surface area contributed by atoms with Gasteiger partial charge in [-0.2, -0.15) is 0 Å². The van der Waals surface area contributed by atoms with E-state index in [1.165, 1.54) is 6.20 Å². The molecule has 1 aromatic carbocycles. The van der Waals surface area contributed by atoms with Crippen molar-refractivity contribution in [2.24, 2.45) is 0 Å². The minimum atomic E-state index is -3.62. The maximum absolute atomic E-state index is 12.3. The number of H-pyrrole nitrogens is 1. The van der Waals surface area contributed by atoms with Crippen molar-refractivity contribution in [1.29, 1.82) is 0 Å². The van der Waals surface area contributed by atoms with Crippen LogP contribution in [-0.4, -0.2) is 20.4 Å². The predicted molar refractivity (Wildman–Crippen MR) is 86.2 cm³/mol. The minimum Gasteiger partial charge on any atom is -0.363 e. The van der Waals surface area contributed by atoms with Crippen LogP contribution in [-0.2, 0) is 16.6 Å². The highest BCUT2D eigenvalue weighted by atomic mass is 79.9. The summed E-state index contributed by atoms with van der Waals surface area (Å²) in [6, 6.07) is 6.95. The Balaban J connectivity index is 2.31. The summed E-state index contributed by atoms with van der Waals surface area (Å²) in [5.41, 5.74) is 1.28. The summed E-state index contributed by atoms with van der Waals surface area (Å²) < 4.78 is 28.6. The topological polar surface area (TPSA) is 74.0 Å². The van der Waals surface area contributed by atoms with Crippen molar-refractivity contribution in [1.82, 2.24) is 10.3 Å². The molecule has 0 aliphatic carbocycles. The van der Waals surface area contributed by atoms with Gasteiger partial charge in [0.2, 0.25) is 0 Å². The summed E-state index contributed by atoms with van der Waals surface area (Å²) in [4.78, 5) is 3.12. The van der Waals surface area contributed by atoms with E-state index < -0.39 is 10.0 Å². The summed E-state index contributed by atoms with van der Waals surface area (Å²) in [6.45, 7) is 0.578. The number of benzene rings is 1. The Morgan fingerprint density at radius 1 is 1.25 bits per heavy atom. The normalized spacial score (nSPS) is 11.6. The van der Waals surface area contributed by atoms with Gasteiger partial charge in [0.05, 0.1) is 5.69 Å². The first kappa shape index (κ1) is 15.6. The first-order valence-corrected chi connectivity index (χ1v) is 8.79. The molecule has 0 fully saturated rings. The predicted octanol–water partition coefficient (Wildman–Crippen LogP) is 3.06. The summed E-state index contributed by atoms with van der Waals surface area (Å²) in [7, 11) is -1.83. The number of hydrogen-bond acceptors (Lipinski definition) is 3. The number of halogens is 2. The smallest absolute Gasteiger partial charge is 0.263 e. The van der Waals surface area contributed by atoms with Crippen LogP contribution in [0.15, 0.2) is 44.3 Å². The van der Waals surface area contributed by atoms with Crippen molar-refractivity contribution >= 4 is 47.6 Å². The van der Waals surface area contributed by atoms with Gasteiger partial charge >= 0.3 is 0 Å². The largest absolute Gasteiger partial charge is 0.363 e. The average Bonchev–Trinajstić information content (AvgIpc) is 2.84. The average molecular weight is 423 g/mol. The molecule has 8 heteroatoms. The van der Waals surface area contributed by atoms with E-state index in [-0.39, 0.29) is 4.90 Å². The SMILES string of the molecule is CNCc1cc(S(=O)(=O)Nc2c(Br)cccc2Br)c[nH]1. The van der Waals surface area contributed by atoms with E-state index in [9.17, 15) is 8.42 Å². The molecule has 1 heterocycles. The van der Waals surface area contributed by atoms with E-state index in [4.69, 9.17) is 0 Å². The minimum absolute atomic E-state index is 0.199. The molecular weight excluding hydrogens is 410 g/mol. The number of rotatable bonds is 5. The molecule has 1 aromatic heterocycles. The van der Waals surface area contributed by atoms with Gasteiger partial charge in [0.25, 0.3) is 10.0 Å². The number of hydrogen-bond donors (Lipinski definition) is 3. The fraction of sp³-hybridized carbons (Fsp3) is 0.167. The van der Waals surface area contributed by atoms with Crippen molar-refractivity contribution in [3.63, 3.8) is 0 Å². The standard InChI is InChI=1S/C12H13Br2N3O2S/c1-15-6-8-5-9(7-16-8)20(18,19)17-12-10(13)3-2-4-11(12)14/h2-5,7,15-17H,6H2,1H3. The Bertz CT molecular complexity index is 693. The Kier molecular flexibility index (Phi) is 4.90. The number of aromatic nitrogens is 1. The van der Waals surface area contributed by atoms with Crippen LogP contribution in [0.2, 0.25) is 0 Å². The van der Waals surface area contributed by atoms with E-state index >= 15 is 0 Å². The Morgan fingerprint density at radius 2 is 1.90 bits per heavy atom. The monoisotopic (exact) mass is 421 g/mol. The molecule has 3 N–H and O–H groups in total. The first-order chi connectivity index (χ1) is 9.44. The summed E-state index contributed by atoms with van der Waals surface area (Å²) in [5.74, 6) is 0. The van der Waals surface area contributed by atoms with Crippen molar-refractivity contribution in [2.75, 3.05) is 11.8 Å². The molecule has 5 nitrogen and oxygen atoms in total. The zero-order valence-corrected chi connectivity index (χ0v) is 14.6. The quantitative estimate of drug-likeness (QED) is 0.693. The van der Waals surface area contributed by atoms with Crippen LogP contribution in [0, 0.1) is 0 Å². The Labute approximate surface area is 134 Å². The van der Waals surface area contributed by atoms with Gasteiger partial charge < -0.3 is 10.3 Å². The van der Waals surface area contributed by atoms with Gasteiger partial charge in [0, 0.05) is 27.4 Å². The van der Waals surface area contributed by atoms with Crippen LogP contribution in [0.5, 0.6) is 0 Å². The van der Waals surface area contributed by atoms with Gasteiger partial charge in [-0.15, -0.1) is 0 Å². The van der Waals surface area contributed by atoms with Crippen molar-refractivity contribution in [2.45, 2.75) is 11.4 Å². The molecule has 108 valence electrons. The second-order valence-electron chi connectivity index (χ2n) is 4.09. The van der Waals surface area contributed by atoms with Gasteiger partial charge in [-0.25, -0.2) is 8.42 Å². The lowest BCUT2D eigenvalue weighted by Crippen LogP contribution is -2.13. The van der Waals surface area contributed by atoms with E-state index in [2.05, 4.69) is 46.9 Å². The lowest BCUT2D eigenvalue weighted by Gasteiger charge is -2.10. The van der Waals surface area contributed by atoms with E-state index in [1.54, 1.807) is 25.2 Å². The molecule has 20 heavy (non-hydrogen) atoms. The van der Waals surface area contributed by atoms with Crippen LogP contribution in [0.4, 0.5) is 5.69 Å². The summed E-state index contributed by atoms with van der Waals surface area (Å²) in [6.07, 6.45) is 1.47. The second-order valence-corrected chi connectivity index (χ2v) is 7.48. The molecule has 0 bridgehead atoms. The molecule has 0 amide bonds. The molecule has 0 aliphatic rings. The van der Waals surface area contributed by atoms with Crippen LogP contribution in [0.3, 0.4) is 0 Å². The van der Waals surface area contributed by atoms with Crippen LogP contribution >= 0.6 is 31.9 Å². The molecule has 2 rings (SSSR count). The molecule has 0 radical (unpaired) electrons. The van der Waals surface area contributed by atoms with Crippen molar-refractivity contribution in [3.8, 4) is 0 Å².